The summed E-state index contributed by atoms with van der Waals surface area (Å²) < 4.78 is 29.7. The molecule has 0 aliphatic carbocycles. The molecule has 1 unspecified atom stereocenters. The standard InChI is InChI=1S/C29H26F2N4O2/c30-21-7-9-24(10-8-21)35-18-26(31)25-14-20(6-11-27(25)35)29(37)34-16-23(17-34)32-22-12-13-33(15-22)28(36)19-4-2-1-3-5-19/h1-11,14,18,22-23,32H,12-13,15-17H2. The Morgan fingerprint density at radius 1 is 0.784 bits per heavy atom. The first-order valence-electron chi connectivity index (χ1n) is 12.4. The van der Waals surface area contributed by atoms with E-state index in [2.05, 4.69) is 5.32 Å². The minimum Gasteiger partial charge on any atom is -0.337 e. The zero-order valence-electron chi connectivity index (χ0n) is 20.1. The third kappa shape index (κ3) is 4.49. The quantitative estimate of drug-likeness (QED) is 0.446. The molecule has 37 heavy (non-hydrogen) atoms. The van der Waals surface area contributed by atoms with Crippen molar-refractivity contribution in [2.24, 2.45) is 0 Å². The van der Waals surface area contributed by atoms with E-state index in [0.29, 0.717) is 53.9 Å². The number of carbonyl (C=O) groups excluding carboxylic acids is 2. The Bertz CT molecular complexity index is 1460. The normalized spacial score (nSPS) is 17.8. The Morgan fingerprint density at radius 3 is 2.24 bits per heavy atom. The molecule has 1 N–H and O–H groups in total. The molecule has 2 aliphatic rings. The maximum Gasteiger partial charge on any atom is 0.253 e. The van der Waals surface area contributed by atoms with Crippen molar-refractivity contribution < 1.29 is 18.4 Å². The van der Waals surface area contributed by atoms with Gasteiger partial charge in [-0.2, -0.15) is 0 Å². The summed E-state index contributed by atoms with van der Waals surface area (Å²) in [5.74, 6) is -0.887. The molecule has 2 aliphatic heterocycles. The van der Waals surface area contributed by atoms with Crippen LogP contribution in [0.2, 0.25) is 0 Å². The molecule has 6 nitrogen and oxygen atoms in total. The molecule has 3 aromatic carbocycles. The summed E-state index contributed by atoms with van der Waals surface area (Å²) in [5.41, 5.74) is 2.38. The van der Waals surface area contributed by atoms with Crippen molar-refractivity contribution in [2.75, 3.05) is 26.2 Å². The van der Waals surface area contributed by atoms with Crippen molar-refractivity contribution in [3.63, 3.8) is 0 Å². The fourth-order valence-corrected chi connectivity index (χ4v) is 5.25. The molecule has 3 heterocycles. The van der Waals surface area contributed by atoms with Crippen LogP contribution in [0.5, 0.6) is 0 Å². The Hall–Kier alpha value is -4.04. The van der Waals surface area contributed by atoms with Crippen molar-refractivity contribution in [2.45, 2.75) is 18.5 Å². The number of aromatic nitrogens is 1. The van der Waals surface area contributed by atoms with E-state index in [9.17, 15) is 18.4 Å². The highest BCUT2D eigenvalue weighted by atomic mass is 19.1. The summed E-state index contributed by atoms with van der Waals surface area (Å²) in [6, 6.07) is 20.5. The van der Waals surface area contributed by atoms with E-state index in [0.717, 1.165) is 6.42 Å². The summed E-state index contributed by atoms with van der Waals surface area (Å²) in [5, 5.41) is 3.92. The highest BCUT2D eigenvalue weighted by molar-refractivity contribution is 5.99. The summed E-state index contributed by atoms with van der Waals surface area (Å²) in [6.45, 7) is 2.50. The van der Waals surface area contributed by atoms with Crippen molar-refractivity contribution in [3.05, 3.63) is 102 Å². The van der Waals surface area contributed by atoms with E-state index < -0.39 is 5.82 Å². The predicted octanol–water partition coefficient (Wildman–Crippen LogP) is 4.24. The minimum absolute atomic E-state index is 0.0474. The maximum absolute atomic E-state index is 14.7. The number of benzene rings is 3. The van der Waals surface area contributed by atoms with E-state index in [1.165, 1.54) is 18.3 Å². The Kier molecular flexibility index (Phi) is 5.96. The number of hydrogen-bond donors (Lipinski definition) is 1. The molecule has 6 rings (SSSR count). The number of nitrogens with zero attached hydrogens (tertiary/aromatic N) is 3. The fraction of sp³-hybridized carbons (Fsp3) is 0.241. The number of rotatable bonds is 5. The summed E-state index contributed by atoms with van der Waals surface area (Å²) in [7, 11) is 0. The Morgan fingerprint density at radius 2 is 1.49 bits per heavy atom. The zero-order valence-corrected chi connectivity index (χ0v) is 20.1. The molecule has 1 aromatic heterocycles. The first kappa shape index (κ1) is 23.4. The number of carbonyl (C=O) groups is 2. The first-order valence-corrected chi connectivity index (χ1v) is 12.4. The SMILES string of the molecule is O=C(c1ccccc1)N1CCC(NC2CN(C(=O)c3ccc4c(c3)c(F)cn4-c3ccc(F)cc3)C2)C1. The molecule has 2 amide bonds. The molecule has 0 spiro atoms. The number of halogens is 2. The van der Waals surface area contributed by atoms with E-state index in [4.69, 9.17) is 0 Å². The van der Waals surface area contributed by atoms with Crippen molar-refractivity contribution in [3.8, 4) is 5.69 Å². The Labute approximate surface area is 213 Å². The fourth-order valence-electron chi connectivity index (χ4n) is 5.25. The topological polar surface area (TPSA) is 57.6 Å². The molecule has 0 bridgehead atoms. The smallest absolute Gasteiger partial charge is 0.253 e. The summed E-state index contributed by atoms with van der Waals surface area (Å²) in [4.78, 5) is 29.3. The van der Waals surface area contributed by atoms with Gasteiger partial charge in [-0.15, -0.1) is 0 Å². The van der Waals surface area contributed by atoms with Crippen LogP contribution in [0.1, 0.15) is 27.1 Å². The molecule has 0 radical (unpaired) electrons. The van der Waals surface area contributed by atoms with Gasteiger partial charge in [-0.3, -0.25) is 9.59 Å². The van der Waals surface area contributed by atoms with Crippen molar-refractivity contribution in [1.82, 2.24) is 19.7 Å². The van der Waals surface area contributed by atoms with Crippen LogP contribution in [0.15, 0.2) is 79.0 Å². The molecular formula is C29H26F2N4O2. The van der Waals surface area contributed by atoms with Gasteiger partial charge in [-0.05, 0) is 61.0 Å². The number of hydrogen-bond acceptors (Lipinski definition) is 3. The van der Waals surface area contributed by atoms with Crippen LogP contribution in [0, 0.1) is 11.6 Å². The van der Waals surface area contributed by atoms with Gasteiger partial charge < -0.3 is 19.7 Å². The average molecular weight is 501 g/mol. The number of likely N-dealkylation sites (tertiary alicyclic amines) is 2. The molecule has 2 fully saturated rings. The minimum atomic E-state index is -0.437. The lowest BCUT2D eigenvalue weighted by Crippen LogP contribution is -2.62. The Balaban J connectivity index is 1.06. The third-order valence-corrected chi connectivity index (χ3v) is 7.24. The van der Waals surface area contributed by atoms with E-state index in [-0.39, 0.29) is 29.7 Å². The van der Waals surface area contributed by atoms with Gasteiger partial charge in [0.1, 0.15) is 11.6 Å². The van der Waals surface area contributed by atoms with Crippen LogP contribution in [-0.4, -0.2) is 64.4 Å². The third-order valence-electron chi connectivity index (χ3n) is 7.24. The highest BCUT2D eigenvalue weighted by Gasteiger charge is 2.35. The van der Waals surface area contributed by atoms with Gasteiger partial charge in [0.2, 0.25) is 0 Å². The number of fused-ring (bicyclic) bond motifs is 1. The second-order valence-corrected chi connectivity index (χ2v) is 9.73. The van der Waals surface area contributed by atoms with Crippen LogP contribution in [0.25, 0.3) is 16.6 Å². The van der Waals surface area contributed by atoms with Crippen LogP contribution in [0.3, 0.4) is 0 Å². The largest absolute Gasteiger partial charge is 0.337 e. The van der Waals surface area contributed by atoms with Crippen molar-refractivity contribution in [1.29, 1.82) is 0 Å². The molecule has 188 valence electrons. The van der Waals surface area contributed by atoms with E-state index in [1.807, 2.05) is 35.2 Å². The van der Waals surface area contributed by atoms with E-state index >= 15 is 0 Å². The van der Waals surface area contributed by atoms with Gasteiger partial charge in [0.05, 0.1) is 5.52 Å². The molecule has 2 saturated heterocycles. The molecule has 4 aromatic rings. The average Bonchev–Trinajstić information content (AvgIpc) is 3.50. The van der Waals surface area contributed by atoms with Gasteiger partial charge >= 0.3 is 0 Å². The second kappa shape index (κ2) is 9.44. The summed E-state index contributed by atoms with van der Waals surface area (Å²) >= 11 is 0. The highest BCUT2D eigenvalue weighted by Crippen LogP contribution is 2.27. The molecule has 1 atom stereocenters. The lowest BCUT2D eigenvalue weighted by atomic mass is 10.0. The number of amides is 2. The van der Waals surface area contributed by atoms with Crippen LogP contribution >= 0.6 is 0 Å². The lowest BCUT2D eigenvalue weighted by molar-refractivity contribution is 0.0553. The first-order chi connectivity index (χ1) is 18.0. The summed E-state index contributed by atoms with van der Waals surface area (Å²) in [6.07, 6.45) is 2.23. The number of nitrogens with one attached hydrogen (secondary N) is 1. The molecular weight excluding hydrogens is 474 g/mol. The van der Waals surface area contributed by atoms with Crippen LogP contribution in [-0.2, 0) is 0 Å². The van der Waals surface area contributed by atoms with Gasteiger partial charge in [0, 0.05) is 66.7 Å². The maximum atomic E-state index is 14.7. The van der Waals surface area contributed by atoms with Gasteiger partial charge in [0.25, 0.3) is 11.8 Å². The predicted molar refractivity (Wildman–Crippen MR) is 137 cm³/mol. The second-order valence-electron chi connectivity index (χ2n) is 9.73. The molecule has 8 heteroatoms. The lowest BCUT2D eigenvalue weighted by Gasteiger charge is -2.41. The van der Waals surface area contributed by atoms with Gasteiger partial charge in [-0.1, -0.05) is 18.2 Å². The van der Waals surface area contributed by atoms with Gasteiger partial charge in [-0.25, -0.2) is 8.78 Å². The van der Waals surface area contributed by atoms with Crippen molar-refractivity contribution >= 4 is 22.7 Å². The monoisotopic (exact) mass is 500 g/mol. The van der Waals surface area contributed by atoms with Gasteiger partial charge in [0.15, 0.2) is 0 Å². The van der Waals surface area contributed by atoms with Crippen LogP contribution in [0.4, 0.5) is 8.78 Å². The molecule has 0 saturated carbocycles. The van der Waals surface area contributed by atoms with Crippen LogP contribution < -0.4 is 5.32 Å². The van der Waals surface area contributed by atoms with E-state index in [1.54, 1.807) is 39.8 Å². The zero-order chi connectivity index (χ0) is 25.5.